The molecule has 142 valence electrons. The first-order chi connectivity index (χ1) is 13.0. The van der Waals surface area contributed by atoms with Crippen molar-refractivity contribution >= 4 is 11.8 Å². The molecule has 2 aromatic rings. The summed E-state index contributed by atoms with van der Waals surface area (Å²) in [5, 5.41) is 0. The van der Waals surface area contributed by atoms with Crippen molar-refractivity contribution in [1.82, 2.24) is 9.80 Å². The van der Waals surface area contributed by atoms with Gasteiger partial charge in [-0.3, -0.25) is 9.59 Å². The summed E-state index contributed by atoms with van der Waals surface area (Å²) in [7, 11) is 1.55. The summed E-state index contributed by atoms with van der Waals surface area (Å²) in [6.45, 7) is 3.86. The molecule has 1 aliphatic heterocycles. The predicted octanol–water partition coefficient (Wildman–Crippen LogP) is 2.67. The molecule has 0 saturated carbocycles. The van der Waals surface area contributed by atoms with Crippen LogP contribution in [0.3, 0.4) is 0 Å². The van der Waals surface area contributed by atoms with Crippen molar-refractivity contribution in [2.24, 2.45) is 0 Å². The minimum atomic E-state index is -0.315. The first kappa shape index (κ1) is 18.9. The lowest BCUT2D eigenvalue weighted by molar-refractivity contribution is -0.131. The highest BCUT2D eigenvalue weighted by atomic mass is 19.1. The summed E-state index contributed by atoms with van der Waals surface area (Å²) in [5.74, 6) is 0.147. The van der Waals surface area contributed by atoms with E-state index in [2.05, 4.69) is 0 Å². The van der Waals surface area contributed by atoms with Crippen LogP contribution in [0.25, 0.3) is 0 Å². The Morgan fingerprint density at radius 2 is 1.63 bits per heavy atom. The van der Waals surface area contributed by atoms with Crippen molar-refractivity contribution in [3.63, 3.8) is 0 Å². The molecule has 0 N–H and O–H groups in total. The van der Waals surface area contributed by atoms with Crippen LogP contribution in [0.5, 0.6) is 5.75 Å². The summed E-state index contributed by atoms with van der Waals surface area (Å²) in [6.07, 6.45) is 0.236. The number of aryl methyl sites for hydroxylation is 1. The topological polar surface area (TPSA) is 49.9 Å². The number of methoxy groups -OCH3 is 1. The fourth-order valence-electron chi connectivity index (χ4n) is 3.21. The molecule has 2 amide bonds. The number of carbonyl (C=O) groups is 2. The van der Waals surface area contributed by atoms with Crippen molar-refractivity contribution < 1.29 is 18.7 Å². The molecule has 6 heteroatoms. The Morgan fingerprint density at radius 1 is 1.00 bits per heavy atom. The molecule has 0 radical (unpaired) electrons. The molecule has 1 heterocycles. The zero-order valence-electron chi connectivity index (χ0n) is 15.6. The molecular formula is C21H23FN2O3. The second-order valence-electron chi connectivity index (χ2n) is 6.68. The van der Waals surface area contributed by atoms with Gasteiger partial charge in [-0.05, 0) is 36.8 Å². The maximum atomic E-state index is 13.0. The van der Waals surface area contributed by atoms with Crippen LogP contribution in [-0.4, -0.2) is 54.9 Å². The summed E-state index contributed by atoms with van der Waals surface area (Å²) in [6, 6.07) is 11.5. The summed E-state index contributed by atoms with van der Waals surface area (Å²) in [5.41, 5.74) is 2.32. The number of rotatable bonds is 4. The monoisotopic (exact) mass is 370 g/mol. The second-order valence-corrected chi connectivity index (χ2v) is 6.68. The second kappa shape index (κ2) is 8.20. The third-order valence-electron chi connectivity index (χ3n) is 4.77. The van der Waals surface area contributed by atoms with Gasteiger partial charge in [0.05, 0.1) is 19.1 Å². The van der Waals surface area contributed by atoms with Gasteiger partial charge >= 0.3 is 0 Å². The number of hydrogen-bond acceptors (Lipinski definition) is 3. The Hall–Kier alpha value is -2.89. The van der Waals surface area contributed by atoms with E-state index in [4.69, 9.17) is 4.74 Å². The fourth-order valence-corrected chi connectivity index (χ4v) is 3.21. The first-order valence-corrected chi connectivity index (χ1v) is 8.94. The van der Waals surface area contributed by atoms with Gasteiger partial charge < -0.3 is 14.5 Å². The van der Waals surface area contributed by atoms with E-state index < -0.39 is 0 Å². The number of amides is 2. The van der Waals surface area contributed by atoms with Gasteiger partial charge in [0.1, 0.15) is 11.6 Å². The lowest BCUT2D eigenvalue weighted by atomic mass is 10.1. The van der Waals surface area contributed by atoms with E-state index >= 15 is 0 Å². The normalized spacial score (nSPS) is 14.2. The summed E-state index contributed by atoms with van der Waals surface area (Å²) < 4.78 is 18.3. The van der Waals surface area contributed by atoms with Crippen molar-refractivity contribution in [3.05, 3.63) is 65.0 Å². The van der Waals surface area contributed by atoms with E-state index in [9.17, 15) is 14.0 Å². The van der Waals surface area contributed by atoms with E-state index in [1.165, 1.54) is 12.1 Å². The van der Waals surface area contributed by atoms with Crippen molar-refractivity contribution in [2.75, 3.05) is 33.3 Å². The van der Waals surface area contributed by atoms with Crippen LogP contribution in [0.1, 0.15) is 21.5 Å². The van der Waals surface area contributed by atoms with Crippen molar-refractivity contribution in [3.8, 4) is 5.75 Å². The van der Waals surface area contributed by atoms with Crippen LogP contribution < -0.4 is 4.74 Å². The number of benzene rings is 2. The molecule has 0 aliphatic carbocycles. The quantitative estimate of drug-likeness (QED) is 0.831. The molecule has 0 unspecified atom stereocenters. The zero-order chi connectivity index (χ0) is 19.4. The number of hydrogen-bond donors (Lipinski definition) is 0. The van der Waals surface area contributed by atoms with Gasteiger partial charge in [0, 0.05) is 26.2 Å². The number of carbonyl (C=O) groups excluding carboxylic acids is 2. The third-order valence-corrected chi connectivity index (χ3v) is 4.77. The molecule has 27 heavy (non-hydrogen) atoms. The molecule has 5 nitrogen and oxygen atoms in total. The fraction of sp³-hybridized carbons (Fsp3) is 0.333. The Morgan fingerprint density at radius 3 is 2.26 bits per heavy atom. The Bertz CT molecular complexity index is 828. The molecular weight excluding hydrogens is 347 g/mol. The van der Waals surface area contributed by atoms with Crippen molar-refractivity contribution in [1.29, 1.82) is 0 Å². The minimum absolute atomic E-state index is 0.0122. The zero-order valence-corrected chi connectivity index (χ0v) is 15.6. The van der Waals surface area contributed by atoms with E-state index in [-0.39, 0.29) is 24.1 Å². The van der Waals surface area contributed by atoms with Crippen LogP contribution in [0, 0.1) is 12.7 Å². The SMILES string of the molecule is COc1ccc(C)cc1C(=O)N1CCN(C(=O)Cc2ccc(F)cc2)CC1. The third kappa shape index (κ3) is 4.45. The van der Waals surface area contributed by atoms with Gasteiger partial charge in [-0.2, -0.15) is 0 Å². The molecule has 1 fully saturated rings. The molecule has 0 aromatic heterocycles. The van der Waals surface area contributed by atoms with Gasteiger partial charge in [-0.15, -0.1) is 0 Å². The maximum absolute atomic E-state index is 13.0. The Labute approximate surface area is 158 Å². The molecule has 1 saturated heterocycles. The summed E-state index contributed by atoms with van der Waals surface area (Å²) in [4.78, 5) is 28.8. The Kier molecular flexibility index (Phi) is 5.74. The first-order valence-electron chi connectivity index (χ1n) is 8.94. The van der Waals surface area contributed by atoms with Crippen molar-refractivity contribution in [2.45, 2.75) is 13.3 Å². The number of ether oxygens (including phenoxy) is 1. The smallest absolute Gasteiger partial charge is 0.257 e. The van der Waals surface area contributed by atoms with Gasteiger partial charge in [-0.1, -0.05) is 23.8 Å². The van der Waals surface area contributed by atoms with Crippen LogP contribution in [0.15, 0.2) is 42.5 Å². The van der Waals surface area contributed by atoms with Crippen LogP contribution in [-0.2, 0) is 11.2 Å². The molecule has 3 rings (SSSR count). The highest BCUT2D eigenvalue weighted by molar-refractivity contribution is 5.97. The number of nitrogens with zero attached hydrogens (tertiary/aromatic N) is 2. The van der Waals surface area contributed by atoms with E-state index in [0.717, 1.165) is 11.1 Å². The highest BCUT2D eigenvalue weighted by Crippen LogP contribution is 2.22. The lowest BCUT2D eigenvalue weighted by Crippen LogP contribution is -2.51. The molecule has 1 aliphatic rings. The molecule has 0 bridgehead atoms. The predicted molar refractivity (Wildman–Crippen MR) is 100 cm³/mol. The number of halogens is 1. The van der Waals surface area contributed by atoms with Gasteiger partial charge in [0.2, 0.25) is 5.91 Å². The largest absolute Gasteiger partial charge is 0.496 e. The molecule has 0 atom stereocenters. The van der Waals surface area contributed by atoms with Crippen LogP contribution in [0.4, 0.5) is 4.39 Å². The minimum Gasteiger partial charge on any atom is -0.496 e. The highest BCUT2D eigenvalue weighted by Gasteiger charge is 2.26. The Balaban J connectivity index is 1.60. The van der Waals surface area contributed by atoms with Gasteiger partial charge in [0.25, 0.3) is 5.91 Å². The molecule has 2 aromatic carbocycles. The van der Waals surface area contributed by atoms with Crippen LogP contribution in [0.2, 0.25) is 0 Å². The van der Waals surface area contributed by atoms with Gasteiger partial charge in [-0.25, -0.2) is 4.39 Å². The maximum Gasteiger partial charge on any atom is 0.257 e. The van der Waals surface area contributed by atoms with E-state index in [0.29, 0.717) is 37.5 Å². The van der Waals surface area contributed by atoms with E-state index in [1.54, 1.807) is 35.1 Å². The van der Waals surface area contributed by atoms with Crippen LogP contribution >= 0.6 is 0 Å². The standard InChI is InChI=1S/C21H23FN2O3/c1-15-3-8-19(27-2)18(13-15)21(26)24-11-9-23(10-12-24)20(25)14-16-4-6-17(22)7-5-16/h3-8,13H,9-12,14H2,1-2H3. The lowest BCUT2D eigenvalue weighted by Gasteiger charge is -2.35. The molecule has 0 spiro atoms. The van der Waals surface area contributed by atoms with E-state index in [1.807, 2.05) is 19.1 Å². The average Bonchev–Trinajstić information content (AvgIpc) is 2.69. The average molecular weight is 370 g/mol. The van der Waals surface area contributed by atoms with Gasteiger partial charge in [0.15, 0.2) is 0 Å². The summed E-state index contributed by atoms with van der Waals surface area (Å²) >= 11 is 0. The number of piperazine rings is 1.